The molecular weight excluding hydrogens is 437 g/mol. The second-order valence-electron chi connectivity index (χ2n) is 7.39. The molecule has 0 spiro atoms. The number of hydrogen-bond donors (Lipinski definition) is 3. The molecule has 31 heavy (non-hydrogen) atoms. The van der Waals surface area contributed by atoms with Crippen molar-refractivity contribution in [3.05, 3.63) is 93.5 Å². The van der Waals surface area contributed by atoms with Gasteiger partial charge in [-0.05, 0) is 39.9 Å². The van der Waals surface area contributed by atoms with E-state index in [0.717, 1.165) is 22.3 Å². The van der Waals surface area contributed by atoms with Crippen LogP contribution >= 0.6 is 23.2 Å². The first kappa shape index (κ1) is 21.7. The Morgan fingerprint density at radius 3 is 2.16 bits per heavy atom. The Kier molecular flexibility index (Phi) is 6.49. The molecule has 2 atom stereocenters. The van der Waals surface area contributed by atoms with Crippen LogP contribution in [0.1, 0.15) is 28.7 Å². The molecule has 0 radical (unpaired) electrons. The van der Waals surface area contributed by atoms with Crippen molar-refractivity contribution in [1.82, 2.24) is 5.32 Å². The molecule has 0 aromatic heterocycles. The van der Waals surface area contributed by atoms with Crippen molar-refractivity contribution in [2.75, 3.05) is 13.2 Å². The zero-order valence-electron chi connectivity index (χ0n) is 16.5. The minimum absolute atomic E-state index is 0.0510. The third-order valence-corrected chi connectivity index (χ3v) is 6.19. The van der Waals surface area contributed by atoms with E-state index in [2.05, 4.69) is 17.4 Å². The molecule has 1 aliphatic carbocycles. The Morgan fingerprint density at radius 2 is 1.55 bits per heavy atom. The van der Waals surface area contributed by atoms with Gasteiger partial charge in [-0.1, -0.05) is 77.8 Å². The molecule has 1 amide bonds. The molecule has 0 heterocycles. The van der Waals surface area contributed by atoms with Gasteiger partial charge in [0.1, 0.15) is 18.8 Å². The average Bonchev–Trinajstić information content (AvgIpc) is 3.11. The molecule has 0 bridgehead atoms. The maximum absolute atomic E-state index is 12.2. The van der Waals surface area contributed by atoms with Crippen LogP contribution in [0.2, 0.25) is 10.0 Å². The number of alkyl carbamates (subject to hydrolysis) is 1. The van der Waals surface area contributed by atoms with Crippen LogP contribution in [-0.2, 0) is 4.74 Å². The number of hydrogen-bond acceptors (Lipinski definition) is 4. The fourth-order valence-corrected chi connectivity index (χ4v) is 4.17. The second kappa shape index (κ2) is 9.28. The Labute approximate surface area is 190 Å². The third kappa shape index (κ3) is 4.55. The van der Waals surface area contributed by atoms with Crippen LogP contribution < -0.4 is 5.32 Å². The minimum atomic E-state index is -1.24. The molecule has 3 N–H and O–H groups in total. The van der Waals surface area contributed by atoms with Crippen molar-refractivity contribution in [3.63, 3.8) is 0 Å². The zero-order valence-corrected chi connectivity index (χ0v) is 18.0. The maximum Gasteiger partial charge on any atom is 0.407 e. The number of aliphatic hydroxyl groups excluding tert-OH is 2. The van der Waals surface area contributed by atoms with Gasteiger partial charge in [-0.25, -0.2) is 4.79 Å². The molecule has 0 saturated heterocycles. The number of aliphatic hydroxyl groups is 2. The standard InChI is InChI=1S/C24H21Cl2NO4/c25-20-10-9-14(11-21(20)26)23(29)22(28)12-27-24(30)31-13-19-17-7-3-1-5-15(17)16-6-2-4-8-18(16)19/h1-11,19,22-23,28-29H,12-13H2,(H,27,30). The number of rotatable bonds is 6. The quantitative estimate of drug-likeness (QED) is 0.490. The van der Waals surface area contributed by atoms with Crippen LogP contribution in [0, 0.1) is 0 Å². The number of benzene rings is 3. The largest absolute Gasteiger partial charge is 0.449 e. The van der Waals surface area contributed by atoms with Crippen molar-refractivity contribution < 1.29 is 19.7 Å². The van der Waals surface area contributed by atoms with E-state index < -0.39 is 18.3 Å². The van der Waals surface area contributed by atoms with E-state index in [4.69, 9.17) is 27.9 Å². The average molecular weight is 458 g/mol. The topological polar surface area (TPSA) is 78.8 Å². The lowest BCUT2D eigenvalue weighted by atomic mass is 9.98. The summed E-state index contributed by atoms with van der Waals surface area (Å²) in [6.07, 6.45) is -3.14. The number of carbonyl (C=O) groups is 1. The van der Waals surface area contributed by atoms with E-state index in [9.17, 15) is 15.0 Å². The zero-order chi connectivity index (χ0) is 22.0. The van der Waals surface area contributed by atoms with Gasteiger partial charge in [-0.3, -0.25) is 0 Å². The summed E-state index contributed by atoms with van der Waals surface area (Å²) in [4.78, 5) is 12.2. The summed E-state index contributed by atoms with van der Waals surface area (Å²) in [5.74, 6) is -0.0510. The van der Waals surface area contributed by atoms with Gasteiger partial charge < -0.3 is 20.3 Å². The molecule has 7 heteroatoms. The Morgan fingerprint density at radius 1 is 0.935 bits per heavy atom. The van der Waals surface area contributed by atoms with Crippen molar-refractivity contribution in [3.8, 4) is 11.1 Å². The van der Waals surface area contributed by atoms with E-state index >= 15 is 0 Å². The molecular formula is C24H21Cl2NO4. The highest BCUT2D eigenvalue weighted by Gasteiger charge is 2.29. The fourth-order valence-electron chi connectivity index (χ4n) is 3.87. The van der Waals surface area contributed by atoms with Crippen molar-refractivity contribution in [1.29, 1.82) is 0 Å². The number of nitrogens with one attached hydrogen (secondary N) is 1. The third-order valence-electron chi connectivity index (χ3n) is 5.45. The molecule has 4 rings (SSSR count). The van der Waals surface area contributed by atoms with Crippen molar-refractivity contribution in [2.45, 2.75) is 18.1 Å². The van der Waals surface area contributed by atoms with Gasteiger partial charge in [0.2, 0.25) is 0 Å². The number of ether oxygens (including phenoxy) is 1. The van der Waals surface area contributed by atoms with Crippen molar-refractivity contribution in [2.24, 2.45) is 0 Å². The van der Waals surface area contributed by atoms with Crippen LogP contribution in [-0.4, -0.2) is 35.6 Å². The first-order valence-electron chi connectivity index (χ1n) is 9.85. The smallest absolute Gasteiger partial charge is 0.407 e. The van der Waals surface area contributed by atoms with E-state index in [1.54, 1.807) is 6.07 Å². The molecule has 2 unspecified atom stereocenters. The van der Waals surface area contributed by atoms with Crippen LogP contribution in [0.25, 0.3) is 11.1 Å². The summed E-state index contributed by atoms with van der Waals surface area (Å²) < 4.78 is 5.43. The normalized spacial score (nSPS) is 14.5. The summed E-state index contributed by atoms with van der Waals surface area (Å²) in [6, 6.07) is 20.7. The van der Waals surface area contributed by atoms with Crippen LogP contribution in [0.5, 0.6) is 0 Å². The van der Waals surface area contributed by atoms with Gasteiger partial charge in [0, 0.05) is 12.5 Å². The van der Waals surface area contributed by atoms with Crippen LogP contribution in [0.4, 0.5) is 4.79 Å². The van der Waals surface area contributed by atoms with Crippen molar-refractivity contribution >= 4 is 29.3 Å². The number of amides is 1. The minimum Gasteiger partial charge on any atom is -0.449 e. The first-order chi connectivity index (χ1) is 15.0. The maximum atomic E-state index is 12.2. The van der Waals surface area contributed by atoms with Gasteiger partial charge in [-0.15, -0.1) is 0 Å². The van der Waals surface area contributed by atoms with Gasteiger partial charge >= 0.3 is 6.09 Å². The molecule has 3 aromatic rings. The van der Waals surface area contributed by atoms with Crippen LogP contribution in [0.3, 0.4) is 0 Å². The summed E-state index contributed by atoms with van der Waals surface area (Å²) >= 11 is 11.8. The van der Waals surface area contributed by atoms with Gasteiger partial charge in [0.05, 0.1) is 10.0 Å². The highest BCUT2D eigenvalue weighted by molar-refractivity contribution is 6.42. The summed E-state index contributed by atoms with van der Waals surface area (Å²) in [5, 5.41) is 23.6. The highest BCUT2D eigenvalue weighted by atomic mass is 35.5. The predicted octanol–water partition coefficient (Wildman–Crippen LogP) is 4.93. The predicted molar refractivity (Wildman–Crippen MR) is 121 cm³/mol. The molecule has 0 fully saturated rings. The first-order valence-corrected chi connectivity index (χ1v) is 10.6. The van der Waals surface area contributed by atoms with Gasteiger partial charge in [-0.2, -0.15) is 0 Å². The van der Waals surface area contributed by atoms with Gasteiger partial charge in [0.25, 0.3) is 0 Å². The fraction of sp³-hybridized carbons (Fsp3) is 0.208. The molecule has 0 saturated carbocycles. The highest BCUT2D eigenvalue weighted by Crippen LogP contribution is 2.44. The monoisotopic (exact) mass is 457 g/mol. The Bertz CT molecular complexity index is 1060. The number of fused-ring (bicyclic) bond motifs is 3. The lowest BCUT2D eigenvalue weighted by Crippen LogP contribution is -2.36. The van der Waals surface area contributed by atoms with E-state index in [-0.39, 0.29) is 24.1 Å². The van der Waals surface area contributed by atoms with Crippen LogP contribution in [0.15, 0.2) is 66.7 Å². The molecule has 0 aliphatic heterocycles. The van der Waals surface area contributed by atoms with Gasteiger partial charge in [0.15, 0.2) is 0 Å². The molecule has 3 aromatic carbocycles. The summed E-state index contributed by atoms with van der Waals surface area (Å²) in [6.45, 7) is -0.0105. The lowest BCUT2D eigenvalue weighted by Gasteiger charge is -2.19. The molecule has 160 valence electrons. The summed E-state index contributed by atoms with van der Waals surface area (Å²) in [7, 11) is 0. The SMILES string of the molecule is O=C(NCC(O)C(O)c1ccc(Cl)c(Cl)c1)OCC1c2ccccc2-c2ccccc21. The lowest BCUT2D eigenvalue weighted by molar-refractivity contribution is 0.0185. The van der Waals surface area contributed by atoms with E-state index in [1.807, 2.05) is 36.4 Å². The summed E-state index contributed by atoms with van der Waals surface area (Å²) in [5.41, 5.74) is 4.92. The molecule has 5 nitrogen and oxygen atoms in total. The molecule has 1 aliphatic rings. The number of halogens is 2. The number of carbonyl (C=O) groups excluding carboxylic acids is 1. The van der Waals surface area contributed by atoms with E-state index in [1.165, 1.54) is 12.1 Å². The van der Waals surface area contributed by atoms with E-state index in [0.29, 0.717) is 10.6 Å². The second-order valence-corrected chi connectivity index (χ2v) is 8.21. The Balaban J connectivity index is 1.34. The Hall–Kier alpha value is -2.57.